The molecule has 1 aliphatic heterocycles. The summed E-state index contributed by atoms with van der Waals surface area (Å²) < 4.78 is 0. The van der Waals surface area contributed by atoms with Crippen LogP contribution in [0.1, 0.15) is 36.9 Å². The van der Waals surface area contributed by atoms with Gasteiger partial charge in [0.25, 0.3) is 5.91 Å². The monoisotopic (exact) mass is 350 g/mol. The standard InChI is InChI=1S/C21H22N2O3/c1-14(15-7-3-2-4-8-15)23-18-10-6-5-9-16(18)13-17(19(23)24)22-20(25)21(26)11-12-21/h2-10,14,17,26H,11-13H2,1H3,(H,22,25)/t14?,17-/m1/s1. The molecule has 4 rings (SSSR count). The molecule has 2 N–H and O–H groups in total. The van der Waals surface area contributed by atoms with Crippen LogP contribution in [0.25, 0.3) is 0 Å². The van der Waals surface area contributed by atoms with Crippen LogP contribution in [0.15, 0.2) is 54.6 Å². The molecule has 1 saturated carbocycles. The lowest BCUT2D eigenvalue weighted by atomic mass is 9.94. The zero-order valence-corrected chi connectivity index (χ0v) is 14.7. The molecule has 5 heteroatoms. The first-order chi connectivity index (χ1) is 12.5. The second kappa shape index (κ2) is 6.25. The summed E-state index contributed by atoms with van der Waals surface area (Å²) in [5.41, 5.74) is 1.64. The number of benzene rings is 2. The number of aliphatic hydroxyl groups is 1. The van der Waals surface area contributed by atoms with Gasteiger partial charge in [-0.15, -0.1) is 0 Å². The Morgan fingerprint density at radius 3 is 2.50 bits per heavy atom. The topological polar surface area (TPSA) is 69.6 Å². The number of fused-ring (bicyclic) bond motifs is 1. The Morgan fingerprint density at radius 2 is 1.81 bits per heavy atom. The molecule has 2 amide bonds. The lowest BCUT2D eigenvalue weighted by Crippen LogP contribution is -2.55. The molecule has 1 unspecified atom stereocenters. The highest BCUT2D eigenvalue weighted by molar-refractivity contribution is 6.03. The molecule has 2 atom stereocenters. The van der Waals surface area contributed by atoms with Crippen molar-refractivity contribution in [2.75, 3.05) is 4.90 Å². The molecule has 1 aliphatic carbocycles. The number of nitrogens with one attached hydrogen (secondary N) is 1. The van der Waals surface area contributed by atoms with Crippen LogP contribution in [0.4, 0.5) is 5.69 Å². The molecule has 2 aliphatic rings. The highest BCUT2D eigenvalue weighted by atomic mass is 16.3. The SMILES string of the molecule is CC(c1ccccc1)N1C(=O)[C@H](NC(=O)C2(O)CC2)Cc2ccccc21. The number of para-hydroxylation sites is 1. The number of rotatable bonds is 4. The zero-order valence-electron chi connectivity index (χ0n) is 14.7. The van der Waals surface area contributed by atoms with Crippen LogP contribution >= 0.6 is 0 Å². The maximum atomic E-state index is 13.2. The van der Waals surface area contributed by atoms with Gasteiger partial charge in [0, 0.05) is 12.1 Å². The first-order valence-corrected chi connectivity index (χ1v) is 8.99. The van der Waals surface area contributed by atoms with Gasteiger partial charge >= 0.3 is 0 Å². The molecule has 1 heterocycles. The average molecular weight is 350 g/mol. The van der Waals surface area contributed by atoms with E-state index >= 15 is 0 Å². The van der Waals surface area contributed by atoms with Gasteiger partial charge in [0.2, 0.25) is 5.91 Å². The highest BCUT2D eigenvalue weighted by Gasteiger charge is 2.49. The maximum Gasteiger partial charge on any atom is 0.252 e. The molecule has 0 aromatic heterocycles. The number of carbonyl (C=O) groups excluding carboxylic acids is 2. The fraction of sp³-hybridized carbons (Fsp3) is 0.333. The van der Waals surface area contributed by atoms with E-state index in [-0.39, 0.29) is 11.9 Å². The molecule has 2 aromatic rings. The van der Waals surface area contributed by atoms with Crippen molar-refractivity contribution in [2.45, 2.75) is 43.9 Å². The predicted molar refractivity (Wildman–Crippen MR) is 98.6 cm³/mol. The van der Waals surface area contributed by atoms with Gasteiger partial charge in [-0.1, -0.05) is 48.5 Å². The van der Waals surface area contributed by atoms with Crippen LogP contribution in [0.5, 0.6) is 0 Å². The smallest absolute Gasteiger partial charge is 0.252 e. The minimum Gasteiger partial charge on any atom is -0.380 e. The van der Waals surface area contributed by atoms with E-state index in [0.717, 1.165) is 16.8 Å². The molecule has 1 fully saturated rings. The van der Waals surface area contributed by atoms with Gasteiger partial charge in [-0.3, -0.25) is 9.59 Å². The molecule has 0 bridgehead atoms. The van der Waals surface area contributed by atoms with Crippen molar-refractivity contribution >= 4 is 17.5 Å². The first-order valence-electron chi connectivity index (χ1n) is 8.99. The minimum absolute atomic E-state index is 0.141. The van der Waals surface area contributed by atoms with Gasteiger partial charge in [0.05, 0.1) is 6.04 Å². The van der Waals surface area contributed by atoms with E-state index in [1.54, 1.807) is 4.90 Å². The summed E-state index contributed by atoms with van der Waals surface area (Å²) in [6.07, 6.45) is 1.36. The summed E-state index contributed by atoms with van der Waals surface area (Å²) in [5.74, 6) is -0.583. The summed E-state index contributed by atoms with van der Waals surface area (Å²) in [7, 11) is 0. The Bertz CT molecular complexity index is 845. The minimum atomic E-state index is -1.28. The van der Waals surface area contributed by atoms with E-state index in [9.17, 15) is 14.7 Å². The van der Waals surface area contributed by atoms with E-state index in [1.807, 2.05) is 61.5 Å². The summed E-state index contributed by atoms with van der Waals surface area (Å²) in [4.78, 5) is 27.2. The van der Waals surface area contributed by atoms with Crippen LogP contribution in [0.2, 0.25) is 0 Å². The fourth-order valence-electron chi connectivity index (χ4n) is 3.54. The van der Waals surface area contributed by atoms with Crippen LogP contribution in [-0.2, 0) is 16.0 Å². The predicted octanol–water partition coefficient (Wildman–Crippen LogP) is 2.35. The number of nitrogens with zero attached hydrogens (tertiary/aromatic N) is 1. The third kappa shape index (κ3) is 2.88. The Balaban J connectivity index is 1.67. The zero-order chi connectivity index (χ0) is 18.3. The Labute approximate surface area is 152 Å². The van der Waals surface area contributed by atoms with Gasteiger partial charge in [-0.2, -0.15) is 0 Å². The number of anilines is 1. The fourth-order valence-corrected chi connectivity index (χ4v) is 3.54. The maximum absolute atomic E-state index is 13.2. The van der Waals surface area contributed by atoms with Crippen molar-refractivity contribution in [1.29, 1.82) is 0 Å². The number of carbonyl (C=O) groups is 2. The molecule has 0 spiro atoms. The van der Waals surface area contributed by atoms with Crippen LogP contribution < -0.4 is 10.2 Å². The van der Waals surface area contributed by atoms with E-state index in [4.69, 9.17) is 0 Å². The van der Waals surface area contributed by atoms with E-state index < -0.39 is 17.6 Å². The molecule has 0 radical (unpaired) electrons. The quantitative estimate of drug-likeness (QED) is 0.889. The Morgan fingerprint density at radius 1 is 1.15 bits per heavy atom. The van der Waals surface area contributed by atoms with Crippen molar-refractivity contribution in [2.24, 2.45) is 0 Å². The Hall–Kier alpha value is -2.66. The van der Waals surface area contributed by atoms with Gasteiger partial charge in [-0.25, -0.2) is 0 Å². The Kier molecular flexibility index (Phi) is 4.04. The molecule has 0 saturated heterocycles. The third-order valence-corrected chi connectivity index (χ3v) is 5.33. The molecule has 26 heavy (non-hydrogen) atoms. The van der Waals surface area contributed by atoms with Crippen molar-refractivity contribution in [3.8, 4) is 0 Å². The van der Waals surface area contributed by atoms with E-state index in [1.165, 1.54) is 0 Å². The molecular weight excluding hydrogens is 328 g/mol. The normalized spacial score (nSPS) is 21.7. The van der Waals surface area contributed by atoms with Crippen LogP contribution in [-0.4, -0.2) is 28.6 Å². The third-order valence-electron chi connectivity index (χ3n) is 5.33. The second-order valence-electron chi connectivity index (χ2n) is 7.19. The van der Waals surface area contributed by atoms with Crippen LogP contribution in [0.3, 0.4) is 0 Å². The van der Waals surface area contributed by atoms with E-state index in [0.29, 0.717) is 19.3 Å². The lowest BCUT2D eigenvalue weighted by Gasteiger charge is -2.38. The van der Waals surface area contributed by atoms with E-state index in [2.05, 4.69) is 5.32 Å². The molecule has 2 aromatic carbocycles. The largest absolute Gasteiger partial charge is 0.380 e. The molecule has 5 nitrogen and oxygen atoms in total. The lowest BCUT2D eigenvalue weighted by molar-refractivity contribution is -0.135. The first kappa shape index (κ1) is 16.8. The van der Waals surface area contributed by atoms with Gasteiger partial charge in [-0.05, 0) is 37.0 Å². The van der Waals surface area contributed by atoms with Gasteiger partial charge < -0.3 is 15.3 Å². The van der Waals surface area contributed by atoms with Gasteiger partial charge in [0.1, 0.15) is 11.6 Å². The highest BCUT2D eigenvalue weighted by Crippen LogP contribution is 2.37. The van der Waals surface area contributed by atoms with Crippen molar-refractivity contribution in [1.82, 2.24) is 5.32 Å². The summed E-state index contributed by atoms with van der Waals surface area (Å²) in [6, 6.07) is 16.8. The number of hydrogen-bond acceptors (Lipinski definition) is 3. The molecular formula is C21H22N2O3. The van der Waals surface area contributed by atoms with Crippen molar-refractivity contribution < 1.29 is 14.7 Å². The summed E-state index contributed by atoms with van der Waals surface area (Å²) in [5, 5.41) is 12.8. The van der Waals surface area contributed by atoms with Crippen molar-refractivity contribution in [3.63, 3.8) is 0 Å². The second-order valence-corrected chi connectivity index (χ2v) is 7.19. The summed E-state index contributed by atoms with van der Waals surface area (Å²) in [6.45, 7) is 1.99. The van der Waals surface area contributed by atoms with Crippen molar-refractivity contribution in [3.05, 3.63) is 65.7 Å². The van der Waals surface area contributed by atoms with Gasteiger partial charge in [0.15, 0.2) is 0 Å². The average Bonchev–Trinajstić information content (AvgIpc) is 3.41. The number of hydrogen-bond donors (Lipinski definition) is 2. The number of amides is 2. The summed E-state index contributed by atoms with van der Waals surface area (Å²) >= 11 is 0. The van der Waals surface area contributed by atoms with Crippen LogP contribution in [0, 0.1) is 0 Å². The molecule has 134 valence electrons.